The van der Waals surface area contributed by atoms with Gasteiger partial charge < -0.3 is 82.6 Å². The van der Waals surface area contributed by atoms with Crippen molar-refractivity contribution in [2.75, 3.05) is 20.3 Å². The number of rotatable bonds is 14. The van der Waals surface area contributed by atoms with Gasteiger partial charge in [0.1, 0.15) is 67.1 Å². The summed E-state index contributed by atoms with van der Waals surface area (Å²) in [5, 5.41) is 73.0. The SMILES string of the molecule is CO[C@H]1C(COS(=O)(=O)[O-])O[C@@H](O[C@H]2C(C(=O)[O-])O[C@@H](OCC3OC(O)C(O)[C@@H](O)[C@H]3O)C(OS(=O)(=O)[O-])[C@H]2O)C(NS(=O)(=O)[O-])[C@H]1O.[Na+].[Na+].[Na+].[Na+]. The Morgan fingerprint density at radius 2 is 1.27 bits per heavy atom. The van der Waals surface area contributed by atoms with Gasteiger partial charge in [-0.25, -0.2) is 30.0 Å². The van der Waals surface area contributed by atoms with Gasteiger partial charge in [0.2, 0.25) is 20.8 Å². The van der Waals surface area contributed by atoms with Crippen molar-refractivity contribution in [2.24, 2.45) is 0 Å². The molecule has 0 aromatic carbocycles. The van der Waals surface area contributed by atoms with Crippen LogP contribution in [0.2, 0.25) is 0 Å². The zero-order chi connectivity index (χ0) is 36.5. The molecular formula is C19H29NNa4O25S3. The Labute approximate surface area is 384 Å². The van der Waals surface area contributed by atoms with Crippen LogP contribution in [0, 0.1) is 0 Å². The number of nitrogens with one attached hydrogen (secondary N) is 1. The average Bonchev–Trinajstić information content (AvgIpc) is 2.94. The van der Waals surface area contributed by atoms with E-state index < -0.39 is 142 Å². The van der Waals surface area contributed by atoms with Crippen LogP contribution in [0.4, 0.5) is 0 Å². The molecule has 0 radical (unpaired) electrons. The Bertz CT molecular complexity index is 1450. The molecule has 3 aliphatic rings. The number of hydrogen-bond donors (Lipinski definition) is 7. The fourth-order valence-corrected chi connectivity index (χ4v) is 6.22. The topological polar surface area (TPSA) is 419 Å². The van der Waals surface area contributed by atoms with Gasteiger partial charge >= 0.3 is 118 Å². The Morgan fingerprint density at radius 1 is 0.692 bits per heavy atom. The minimum absolute atomic E-state index is 0. The minimum Gasteiger partial charge on any atom is -0.735 e. The van der Waals surface area contributed by atoms with E-state index in [-0.39, 0.29) is 118 Å². The van der Waals surface area contributed by atoms with Crippen LogP contribution in [-0.4, -0.2) is 188 Å². The molecule has 52 heavy (non-hydrogen) atoms. The second-order valence-electron chi connectivity index (χ2n) is 10.2. The van der Waals surface area contributed by atoms with Gasteiger partial charge in [0.15, 0.2) is 35.3 Å². The molecule has 0 aromatic rings. The first-order chi connectivity index (χ1) is 21.9. The standard InChI is InChI=1S/C19H33NO25S3.4Na/c1-38-12-5(3-40-47(32,33)34)42-18(6(8(12)22)20-46(29,30)31)43-13-11(25)14(45-48(35,36)37)19(44-15(13)16(26)27)39-2-4-7(21)9(23)10(24)17(28)41-4;;;;/h4-15,17-25,28H,2-3H2,1H3,(H,26,27)(H,29,30,31)(H,32,33,34)(H,35,36,37);;;;/q;4*+1/p-4/t4?,5?,6?,7-,8+,9-,10?,11-,12-,13+,14?,15?,17?,18-,19+;;;;/m0..../s1. The summed E-state index contributed by atoms with van der Waals surface area (Å²) in [6.07, 6.45) is -31.3. The summed E-state index contributed by atoms with van der Waals surface area (Å²) in [7, 11) is -16.0. The summed E-state index contributed by atoms with van der Waals surface area (Å²) in [6, 6.07) is -2.30. The van der Waals surface area contributed by atoms with Crippen molar-refractivity contribution >= 4 is 37.1 Å². The zero-order valence-electron chi connectivity index (χ0n) is 27.7. The van der Waals surface area contributed by atoms with E-state index >= 15 is 0 Å². The molecule has 0 amide bonds. The third-order valence-corrected chi connectivity index (χ3v) is 8.43. The third kappa shape index (κ3) is 16.0. The summed E-state index contributed by atoms with van der Waals surface area (Å²) < 4.78 is 142. The predicted molar refractivity (Wildman–Crippen MR) is 132 cm³/mol. The van der Waals surface area contributed by atoms with Crippen molar-refractivity contribution in [3.8, 4) is 0 Å². The van der Waals surface area contributed by atoms with Crippen molar-refractivity contribution in [1.82, 2.24) is 4.72 Å². The van der Waals surface area contributed by atoms with Gasteiger partial charge in [-0.2, -0.15) is 0 Å². The molecular weight excluding hydrogens is 830 g/mol. The molecule has 26 nitrogen and oxygen atoms in total. The molecule has 3 heterocycles. The number of aliphatic hydroxyl groups excluding tert-OH is 6. The van der Waals surface area contributed by atoms with Crippen LogP contribution in [0.3, 0.4) is 0 Å². The predicted octanol–water partition coefficient (Wildman–Crippen LogP) is -22.1. The number of hydrogen-bond acceptors (Lipinski definition) is 25. The number of carbonyl (C=O) groups is 1. The maximum Gasteiger partial charge on any atom is 1.00 e. The number of carboxylic acids is 1. The molecule has 0 saturated carbocycles. The molecule has 0 aliphatic carbocycles. The second kappa shape index (κ2) is 23.4. The molecule has 15 atom stereocenters. The Morgan fingerprint density at radius 3 is 1.75 bits per heavy atom. The van der Waals surface area contributed by atoms with E-state index in [0.29, 0.717) is 0 Å². The van der Waals surface area contributed by atoms with Crippen molar-refractivity contribution in [1.29, 1.82) is 0 Å². The van der Waals surface area contributed by atoms with Crippen LogP contribution in [0.15, 0.2) is 0 Å². The van der Waals surface area contributed by atoms with Crippen LogP contribution in [0.1, 0.15) is 0 Å². The largest absolute Gasteiger partial charge is 1.00 e. The van der Waals surface area contributed by atoms with E-state index in [2.05, 4.69) is 8.37 Å². The molecule has 282 valence electrons. The van der Waals surface area contributed by atoms with E-state index in [1.807, 2.05) is 0 Å². The summed E-state index contributed by atoms with van der Waals surface area (Å²) >= 11 is 0. The Kier molecular flexibility index (Phi) is 25.5. The Balaban J connectivity index is 0. The Hall–Kier alpha value is 2.60. The van der Waals surface area contributed by atoms with Gasteiger partial charge in [0.05, 0.1) is 19.2 Å². The summed E-state index contributed by atoms with van der Waals surface area (Å²) in [6.45, 7) is -2.32. The maximum absolute atomic E-state index is 12.1. The van der Waals surface area contributed by atoms with Crippen LogP contribution >= 0.6 is 0 Å². The molecule has 0 spiro atoms. The molecule has 3 rings (SSSR count). The third-order valence-electron chi connectivity index (χ3n) is 6.99. The number of ether oxygens (including phenoxy) is 6. The van der Waals surface area contributed by atoms with E-state index in [4.69, 9.17) is 28.4 Å². The summed E-state index contributed by atoms with van der Waals surface area (Å²) in [4.78, 5) is 12.1. The normalized spacial score (nSPS) is 38.4. The maximum atomic E-state index is 12.1. The van der Waals surface area contributed by atoms with Crippen molar-refractivity contribution in [3.05, 3.63) is 0 Å². The van der Waals surface area contributed by atoms with E-state index in [0.717, 1.165) is 7.11 Å². The summed E-state index contributed by atoms with van der Waals surface area (Å²) in [5.41, 5.74) is 0. The van der Waals surface area contributed by atoms with E-state index in [1.54, 1.807) is 0 Å². The minimum atomic E-state index is -5.85. The number of aliphatic hydroxyl groups is 6. The van der Waals surface area contributed by atoms with Crippen molar-refractivity contribution in [2.45, 2.75) is 92.1 Å². The summed E-state index contributed by atoms with van der Waals surface area (Å²) in [5.74, 6) is -2.30. The molecule has 7 N–H and O–H groups in total. The fourth-order valence-electron chi connectivity index (χ4n) is 4.86. The van der Waals surface area contributed by atoms with Crippen LogP contribution in [0.5, 0.6) is 0 Å². The van der Waals surface area contributed by atoms with Gasteiger partial charge in [0.25, 0.3) is 0 Å². The van der Waals surface area contributed by atoms with Crippen LogP contribution in [-0.2, 0) is 72.7 Å². The van der Waals surface area contributed by atoms with Crippen LogP contribution in [0.25, 0.3) is 0 Å². The van der Waals surface area contributed by atoms with E-state index in [1.165, 1.54) is 4.72 Å². The number of methoxy groups -OCH3 is 1. The van der Waals surface area contributed by atoms with E-state index in [9.17, 15) is 79.5 Å². The molecule has 7 unspecified atom stereocenters. The van der Waals surface area contributed by atoms with Gasteiger partial charge in [0, 0.05) is 7.11 Å². The van der Waals surface area contributed by atoms with Gasteiger partial charge in [-0.05, 0) is 0 Å². The fraction of sp³-hybridized carbons (Fsp3) is 0.947. The molecule has 0 aromatic heterocycles. The first kappa shape index (κ1) is 56.7. The molecule has 0 bridgehead atoms. The number of carbonyl (C=O) groups excluding carboxylic acids is 1. The second-order valence-corrected chi connectivity index (χ2v) is 13.4. The first-order valence-electron chi connectivity index (χ1n) is 13.0. The monoisotopic (exact) mass is 859 g/mol. The molecule has 3 aliphatic heterocycles. The molecule has 3 fully saturated rings. The van der Waals surface area contributed by atoms with Gasteiger partial charge in [-0.3, -0.25) is 8.37 Å². The van der Waals surface area contributed by atoms with Crippen LogP contribution < -0.4 is 128 Å². The van der Waals surface area contributed by atoms with Crippen molar-refractivity contribution < 1.29 is 234 Å². The molecule has 33 heteroatoms. The molecule has 3 saturated heterocycles. The first-order valence-corrected chi connectivity index (χ1v) is 17.0. The average molecular weight is 860 g/mol. The van der Waals surface area contributed by atoms with Gasteiger partial charge in [-0.15, -0.1) is 0 Å². The quantitative estimate of drug-likeness (QED) is 0.0484. The van der Waals surface area contributed by atoms with Gasteiger partial charge in [-0.1, -0.05) is 0 Å². The number of aliphatic carboxylic acids is 1. The number of carboxylic acid groups (broad SMARTS) is 1. The smallest absolute Gasteiger partial charge is 0.735 e. The zero-order valence-corrected chi connectivity index (χ0v) is 38.2. The van der Waals surface area contributed by atoms with Crippen molar-refractivity contribution in [3.63, 3.8) is 0 Å².